The van der Waals surface area contributed by atoms with Gasteiger partial charge in [0.25, 0.3) is 5.56 Å². The van der Waals surface area contributed by atoms with Crippen LogP contribution in [0.25, 0.3) is 11.0 Å². The highest BCUT2D eigenvalue weighted by Gasteiger charge is 2.22. The van der Waals surface area contributed by atoms with E-state index in [1.807, 2.05) is 28.8 Å². The van der Waals surface area contributed by atoms with E-state index in [0.717, 1.165) is 47.8 Å². The summed E-state index contributed by atoms with van der Waals surface area (Å²) >= 11 is 0. The van der Waals surface area contributed by atoms with E-state index in [-0.39, 0.29) is 11.6 Å². The highest BCUT2D eigenvalue weighted by Crippen LogP contribution is 2.30. The van der Waals surface area contributed by atoms with Crippen molar-refractivity contribution in [3.8, 4) is 0 Å². The van der Waals surface area contributed by atoms with Crippen LogP contribution in [0.2, 0.25) is 0 Å². The molecule has 0 radical (unpaired) electrons. The molecule has 3 aromatic rings. The van der Waals surface area contributed by atoms with Crippen LogP contribution < -0.4 is 16.6 Å². The molecule has 1 aliphatic carbocycles. The van der Waals surface area contributed by atoms with Crippen LogP contribution >= 0.6 is 0 Å². The van der Waals surface area contributed by atoms with Crippen LogP contribution in [0.15, 0.2) is 47.4 Å². The van der Waals surface area contributed by atoms with Gasteiger partial charge in [-0.1, -0.05) is 43.2 Å². The predicted octanol–water partition coefficient (Wildman–Crippen LogP) is 2.87. The summed E-state index contributed by atoms with van der Waals surface area (Å²) in [6, 6.07) is 12.3. The van der Waals surface area contributed by atoms with Crippen molar-refractivity contribution in [1.29, 1.82) is 0 Å². The third-order valence-electron chi connectivity index (χ3n) is 5.20. The summed E-state index contributed by atoms with van der Waals surface area (Å²) in [5.41, 5.74) is 8.29. The standard InChI is InChI=1S/C21H25N5O/c22-10-11-23-21-24-14-17-13-16(12-15-6-2-1-3-7-15)20(27)26(19(17)25-21)18-8-4-5-9-18/h1-3,6-7,13-14,18H,4-5,8-12,22H2,(H,23,24,25). The fraction of sp³-hybridized carbons (Fsp3) is 0.381. The number of benzene rings is 1. The summed E-state index contributed by atoms with van der Waals surface area (Å²) in [7, 11) is 0. The highest BCUT2D eigenvalue weighted by atomic mass is 16.1. The zero-order chi connectivity index (χ0) is 18.6. The Hall–Kier alpha value is -2.73. The zero-order valence-corrected chi connectivity index (χ0v) is 15.4. The Bertz CT molecular complexity index is 977. The molecule has 6 nitrogen and oxygen atoms in total. The normalized spacial score (nSPS) is 14.7. The topological polar surface area (TPSA) is 85.8 Å². The van der Waals surface area contributed by atoms with Crippen molar-refractivity contribution in [2.75, 3.05) is 18.4 Å². The second-order valence-corrected chi connectivity index (χ2v) is 7.13. The minimum absolute atomic E-state index is 0.0710. The summed E-state index contributed by atoms with van der Waals surface area (Å²) in [5.74, 6) is 0.523. The lowest BCUT2D eigenvalue weighted by Gasteiger charge is -2.18. The zero-order valence-electron chi connectivity index (χ0n) is 15.4. The minimum Gasteiger partial charge on any atom is -0.353 e. The van der Waals surface area contributed by atoms with Crippen molar-refractivity contribution >= 4 is 17.0 Å². The largest absolute Gasteiger partial charge is 0.353 e. The summed E-state index contributed by atoms with van der Waals surface area (Å²) in [6.45, 7) is 1.11. The SMILES string of the molecule is NCCNc1ncc2cc(Cc3ccccc3)c(=O)n(C3CCCC3)c2n1. The molecule has 2 aromatic heterocycles. The first kappa shape index (κ1) is 17.7. The molecule has 27 heavy (non-hydrogen) atoms. The number of rotatable bonds is 6. The van der Waals surface area contributed by atoms with E-state index in [4.69, 9.17) is 5.73 Å². The van der Waals surface area contributed by atoms with Gasteiger partial charge in [-0.15, -0.1) is 0 Å². The maximum absolute atomic E-state index is 13.4. The van der Waals surface area contributed by atoms with Crippen molar-refractivity contribution < 1.29 is 0 Å². The average Bonchev–Trinajstić information content (AvgIpc) is 3.22. The predicted molar refractivity (Wildman–Crippen MR) is 108 cm³/mol. The second kappa shape index (κ2) is 7.88. The molecule has 0 atom stereocenters. The van der Waals surface area contributed by atoms with Crippen LogP contribution in [0.3, 0.4) is 0 Å². The number of hydrogen-bond donors (Lipinski definition) is 2. The van der Waals surface area contributed by atoms with E-state index >= 15 is 0 Å². The first-order chi connectivity index (χ1) is 13.3. The molecule has 1 fully saturated rings. The fourth-order valence-corrected chi connectivity index (χ4v) is 3.89. The highest BCUT2D eigenvalue weighted by molar-refractivity contribution is 5.76. The third kappa shape index (κ3) is 3.71. The number of nitrogens with one attached hydrogen (secondary N) is 1. The van der Waals surface area contributed by atoms with E-state index in [1.165, 1.54) is 0 Å². The molecule has 0 saturated heterocycles. The number of fused-ring (bicyclic) bond motifs is 1. The van der Waals surface area contributed by atoms with Crippen LogP contribution in [0.1, 0.15) is 42.9 Å². The Morgan fingerprint density at radius 1 is 1.19 bits per heavy atom. The van der Waals surface area contributed by atoms with Crippen molar-refractivity contribution in [3.63, 3.8) is 0 Å². The minimum atomic E-state index is 0.0710. The van der Waals surface area contributed by atoms with E-state index in [1.54, 1.807) is 6.20 Å². The Labute approximate surface area is 158 Å². The van der Waals surface area contributed by atoms with Crippen LogP contribution in [0, 0.1) is 0 Å². The lowest BCUT2D eigenvalue weighted by Crippen LogP contribution is -2.28. The third-order valence-corrected chi connectivity index (χ3v) is 5.20. The molecule has 0 aliphatic heterocycles. The smallest absolute Gasteiger partial charge is 0.256 e. The molecule has 2 heterocycles. The number of nitrogens with two attached hydrogens (primary N) is 1. The number of aromatic nitrogens is 3. The Morgan fingerprint density at radius 3 is 2.70 bits per heavy atom. The first-order valence-corrected chi connectivity index (χ1v) is 9.65. The molecule has 1 saturated carbocycles. The van der Waals surface area contributed by atoms with Gasteiger partial charge in [0.1, 0.15) is 5.65 Å². The Kier molecular flexibility index (Phi) is 5.16. The number of hydrogen-bond acceptors (Lipinski definition) is 5. The molecule has 1 aliphatic rings. The van der Waals surface area contributed by atoms with Gasteiger partial charge < -0.3 is 11.1 Å². The maximum Gasteiger partial charge on any atom is 0.256 e. The van der Waals surface area contributed by atoms with Crippen molar-refractivity contribution in [1.82, 2.24) is 14.5 Å². The lowest BCUT2D eigenvalue weighted by atomic mass is 10.0. The Morgan fingerprint density at radius 2 is 1.96 bits per heavy atom. The molecule has 3 N–H and O–H groups in total. The lowest BCUT2D eigenvalue weighted by molar-refractivity contribution is 0.513. The number of pyridine rings is 1. The van der Waals surface area contributed by atoms with Gasteiger partial charge in [-0.05, 0) is 24.5 Å². The monoisotopic (exact) mass is 363 g/mol. The molecule has 0 spiro atoms. The molecule has 0 amide bonds. The second-order valence-electron chi connectivity index (χ2n) is 7.13. The van der Waals surface area contributed by atoms with Crippen LogP contribution in [0.5, 0.6) is 0 Å². The van der Waals surface area contributed by atoms with E-state index in [2.05, 4.69) is 27.4 Å². The summed E-state index contributed by atoms with van der Waals surface area (Å²) in [4.78, 5) is 22.4. The number of nitrogens with zero attached hydrogens (tertiary/aromatic N) is 3. The van der Waals surface area contributed by atoms with Crippen LogP contribution in [-0.4, -0.2) is 27.6 Å². The van der Waals surface area contributed by atoms with E-state index < -0.39 is 0 Å². The molecule has 4 rings (SSSR count). The van der Waals surface area contributed by atoms with Gasteiger partial charge in [0.15, 0.2) is 0 Å². The molecule has 1 aromatic carbocycles. The van der Waals surface area contributed by atoms with Gasteiger partial charge >= 0.3 is 0 Å². The average molecular weight is 363 g/mol. The molecule has 0 unspecified atom stereocenters. The van der Waals surface area contributed by atoms with E-state index in [0.29, 0.717) is 25.5 Å². The quantitative estimate of drug-likeness (QED) is 0.703. The Balaban J connectivity index is 1.83. The van der Waals surface area contributed by atoms with Gasteiger partial charge in [-0.2, -0.15) is 4.98 Å². The van der Waals surface area contributed by atoms with E-state index in [9.17, 15) is 4.79 Å². The van der Waals surface area contributed by atoms with Crippen molar-refractivity contribution in [3.05, 3.63) is 64.1 Å². The van der Waals surface area contributed by atoms with Crippen molar-refractivity contribution in [2.24, 2.45) is 5.73 Å². The molecule has 0 bridgehead atoms. The number of anilines is 1. The molecular weight excluding hydrogens is 338 g/mol. The first-order valence-electron chi connectivity index (χ1n) is 9.65. The summed E-state index contributed by atoms with van der Waals surface area (Å²) < 4.78 is 1.91. The van der Waals surface area contributed by atoms with Gasteiger partial charge in [0.05, 0.1) is 0 Å². The fourth-order valence-electron chi connectivity index (χ4n) is 3.89. The molecule has 140 valence electrons. The molecule has 6 heteroatoms. The van der Waals surface area contributed by atoms with Crippen molar-refractivity contribution in [2.45, 2.75) is 38.1 Å². The van der Waals surface area contributed by atoms with Gasteiger partial charge in [0.2, 0.25) is 5.95 Å². The van der Waals surface area contributed by atoms with Gasteiger partial charge in [0, 0.05) is 42.7 Å². The van der Waals surface area contributed by atoms with Gasteiger partial charge in [-0.25, -0.2) is 4.98 Å². The molecular formula is C21H25N5O. The van der Waals surface area contributed by atoms with Gasteiger partial charge in [-0.3, -0.25) is 9.36 Å². The summed E-state index contributed by atoms with van der Waals surface area (Å²) in [6.07, 6.45) is 6.80. The maximum atomic E-state index is 13.4. The summed E-state index contributed by atoms with van der Waals surface area (Å²) in [5, 5.41) is 4.02. The van der Waals surface area contributed by atoms with Crippen LogP contribution in [0.4, 0.5) is 5.95 Å². The van der Waals surface area contributed by atoms with Crippen LogP contribution in [-0.2, 0) is 6.42 Å².